The molecule has 0 atom stereocenters. The lowest BCUT2D eigenvalue weighted by Gasteiger charge is -2.36. The van der Waals surface area contributed by atoms with Crippen molar-refractivity contribution in [2.75, 3.05) is 27.9 Å². The summed E-state index contributed by atoms with van der Waals surface area (Å²) in [6, 6.07) is 3.71. The number of benzene rings is 1. The van der Waals surface area contributed by atoms with Crippen molar-refractivity contribution in [2.24, 2.45) is 0 Å². The Labute approximate surface area is 119 Å². The van der Waals surface area contributed by atoms with E-state index in [9.17, 15) is 5.11 Å². The molecule has 5 nitrogen and oxygen atoms in total. The number of hydrogen-bond acceptors (Lipinski definition) is 5. The van der Waals surface area contributed by atoms with Gasteiger partial charge in [-0.05, 0) is 25.3 Å². The van der Waals surface area contributed by atoms with Gasteiger partial charge in [0.25, 0.3) is 0 Å². The van der Waals surface area contributed by atoms with Crippen LogP contribution in [0.1, 0.15) is 24.8 Å². The van der Waals surface area contributed by atoms with Crippen LogP contribution in [-0.2, 0) is 6.54 Å². The van der Waals surface area contributed by atoms with E-state index >= 15 is 0 Å². The Morgan fingerprint density at radius 1 is 1.05 bits per heavy atom. The van der Waals surface area contributed by atoms with Gasteiger partial charge in [-0.3, -0.25) is 0 Å². The zero-order chi connectivity index (χ0) is 14.6. The third-order valence-electron chi connectivity index (χ3n) is 3.84. The molecule has 2 rings (SSSR count). The van der Waals surface area contributed by atoms with Gasteiger partial charge in [0.05, 0.1) is 26.9 Å². The van der Waals surface area contributed by atoms with Crippen LogP contribution in [0.25, 0.3) is 0 Å². The zero-order valence-electron chi connectivity index (χ0n) is 12.4. The van der Waals surface area contributed by atoms with Crippen molar-refractivity contribution in [3.63, 3.8) is 0 Å². The highest BCUT2D eigenvalue weighted by Gasteiger charge is 2.33. The van der Waals surface area contributed by atoms with Gasteiger partial charge < -0.3 is 24.6 Å². The summed E-state index contributed by atoms with van der Waals surface area (Å²) < 4.78 is 15.9. The van der Waals surface area contributed by atoms with Crippen LogP contribution in [0.3, 0.4) is 0 Å². The highest BCUT2D eigenvalue weighted by molar-refractivity contribution is 5.50. The van der Waals surface area contributed by atoms with Crippen molar-refractivity contribution in [1.82, 2.24) is 5.32 Å². The third kappa shape index (κ3) is 3.16. The van der Waals surface area contributed by atoms with Crippen LogP contribution in [-0.4, -0.2) is 38.6 Å². The van der Waals surface area contributed by atoms with Crippen molar-refractivity contribution >= 4 is 0 Å². The van der Waals surface area contributed by atoms with Crippen LogP contribution in [0.5, 0.6) is 17.2 Å². The van der Waals surface area contributed by atoms with E-state index in [0.29, 0.717) is 24.6 Å². The van der Waals surface area contributed by atoms with E-state index in [2.05, 4.69) is 5.32 Å². The van der Waals surface area contributed by atoms with Gasteiger partial charge in [0.1, 0.15) is 5.75 Å². The number of rotatable bonds is 7. The van der Waals surface area contributed by atoms with Crippen LogP contribution >= 0.6 is 0 Å². The van der Waals surface area contributed by atoms with Gasteiger partial charge >= 0.3 is 0 Å². The molecule has 0 aromatic heterocycles. The molecule has 0 aliphatic heterocycles. The number of hydrogen-bond donors (Lipinski definition) is 2. The Bertz CT molecular complexity index is 457. The van der Waals surface area contributed by atoms with Gasteiger partial charge in [-0.1, -0.05) is 0 Å². The summed E-state index contributed by atoms with van der Waals surface area (Å²) in [6.45, 7) is 1.22. The first kappa shape index (κ1) is 14.9. The molecule has 5 heteroatoms. The van der Waals surface area contributed by atoms with Gasteiger partial charge in [-0.2, -0.15) is 0 Å². The molecule has 1 fully saturated rings. The second-order valence-electron chi connectivity index (χ2n) is 5.20. The van der Waals surface area contributed by atoms with Gasteiger partial charge in [0, 0.05) is 24.7 Å². The largest absolute Gasteiger partial charge is 0.496 e. The molecule has 0 amide bonds. The molecule has 0 unspecified atom stereocenters. The molecule has 0 bridgehead atoms. The molecule has 20 heavy (non-hydrogen) atoms. The average Bonchev–Trinajstić information content (AvgIpc) is 2.44. The minimum Gasteiger partial charge on any atom is -0.496 e. The molecule has 1 aliphatic rings. The maximum atomic E-state index is 10.1. The molecule has 1 aromatic rings. The minimum absolute atomic E-state index is 0.524. The SMILES string of the molecule is COc1cc(OC)c(OC)cc1CNCC1(O)CCC1. The molecular weight excluding hydrogens is 258 g/mol. The summed E-state index contributed by atoms with van der Waals surface area (Å²) in [5, 5.41) is 13.3. The van der Waals surface area contributed by atoms with Crippen LogP contribution in [0.4, 0.5) is 0 Å². The topological polar surface area (TPSA) is 60.0 Å². The molecule has 1 aliphatic carbocycles. The van der Waals surface area contributed by atoms with Crippen molar-refractivity contribution in [2.45, 2.75) is 31.4 Å². The summed E-state index contributed by atoms with van der Waals surface area (Å²) in [6.07, 6.45) is 2.87. The highest BCUT2D eigenvalue weighted by atomic mass is 16.5. The van der Waals surface area contributed by atoms with Crippen LogP contribution in [0.15, 0.2) is 12.1 Å². The van der Waals surface area contributed by atoms with Crippen molar-refractivity contribution in [3.05, 3.63) is 17.7 Å². The lowest BCUT2D eigenvalue weighted by atomic mass is 9.80. The Morgan fingerprint density at radius 2 is 1.65 bits per heavy atom. The van der Waals surface area contributed by atoms with Crippen molar-refractivity contribution < 1.29 is 19.3 Å². The maximum Gasteiger partial charge on any atom is 0.164 e. The second-order valence-corrected chi connectivity index (χ2v) is 5.20. The normalized spacial score (nSPS) is 16.4. The van der Waals surface area contributed by atoms with Gasteiger partial charge in [-0.15, -0.1) is 0 Å². The van der Waals surface area contributed by atoms with Crippen LogP contribution in [0.2, 0.25) is 0 Å². The monoisotopic (exact) mass is 281 g/mol. The Morgan fingerprint density at radius 3 is 2.15 bits per heavy atom. The van der Waals surface area contributed by atoms with Gasteiger partial charge in [0.2, 0.25) is 0 Å². The Kier molecular flexibility index (Phi) is 4.73. The maximum absolute atomic E-state index is 10.1. The predicted octanol–water partition coefficient (Wildman–Crippen LogP) is 1.72. The molecule has 0 heterocycles. The lowest BCUT2D eigenvalue weighted by molar-refractivity contribution is -0.0315. The highest BCUT2D eigenvalue weighted by Crippen LogP contribution is 2.35. The molecule has 1 aromatic carbocycles. The predicted molar refractivity (Wildman–Crippen MR) is 76.6 cm³/mol. The van der Waals surface area contributed by atoms with E-state index < -0.39 is 5.60 Å². The van der Waals surface area contributed by atoms with Gasteiger partial charge in [-0.25, -0.2) is 0 Å². The van der Waals surface area contributed by atoms with E-state index in [1.165, 1.54) is 0 Å². The fourth-order valence-electron chi connectivity index (χ4n) is 2.42. The average molecular weight is 281 g/mol. The van der Waals surface area contributed by atoms with Crippen LogP contribution in [0, 0.1) is 0 Å². The van der Waals surface area contributed by atoms with E-state index in [1.807, 2.05) is 12.1 Å². The molecule has 0 radical (unpaired) electrons. The number of ether oxygens (including phenoxy) is 3. The summed E-state index contributed by atoms with van der Waals surface area (Å²) in [5.41, 5.74) is 0.456. The quantitative estimate of drug-likeness (QED) is 0.797. The molecule has 112 valence electrons. The summed E-state index contributed by atoms with van der Waals surface area (Å²) in [4.78, 5) is 0. The molecular formula is C15H23NO4. The smallest absolute Gasteiger partial charge is 0.164 e. The first-order chi connectivity index (χ1) is 9.61. The second kappa shape index (κ2) is 6.33. The Balaban J connectivity index is 2.05. The first-order valence-electron chi connectivity index (χ1n) is 6.84. The molecule has 0 spiro atoms. The van der Waals surface area contributed by atoms with Gasteiger partial charge in [0.15, 0.2) is 11.5 Å². The lowest BCUT2D eigenvalue weighted by Crippen LogP contribution is -2.46. The van der Waals surface area contributed by atoms with E-state index in [1.54, 1.807) is 21.3 Å². The molecule has 2 N–H and O–H groups in total. The fourth-order valence-corrected chi connectivity index (χ4v) is 2.42. The van der Waals surface area contributed by atoms with Crippen molar-refractivity contribution in [3.8, 4) is 17.2 Å². The van der Waals surface area contributed by atoms with E-state index in [-0.39, 0.29) is 0 Å². The Hall–Kier alpha value is -1.46. The molecule has 0 saturated heterocycles. The van der Waals surface area contributed by atoms with Crippen molar-refractivity contribution in [1.29, 1.82) is 0 Å². The number of nitrogens with one attached hydrogen (secondary N) is 1. The number of methoxy groups -OCH3 is 3. The zero-order valence-corrected chi connectivity index (χ0v) is 12.4. The van der Waals surface area contributed by atoms with E-state index in [0.717, 1.165) is 30.6 Å². The third-order valence-corrected chi connectivity index (χ3v) is 3.84. The minimum atomic E-state index is -0.524. The standard InChI is InChI=1S/C15H23NO4/c1-18-12-8-14(20-3)13(19-2)7-11(12)9-16-10-15(17)5-4-6-15/h7-8,16-17H,4-6,9-10H2,1-3H3. The molecule has 1 saturated carbocycles. The summed E-state index contributed by atoms with van der Waals surface area (Å²) in [5.74, 6) is 2.06. The summed E-state index contributed by atoms with van der Waals surface area (Å²) >= 11 is 0. The first-order valence-corrected chi connectivity index (χ1v) is 6.84. The number of aliphatic hydroxyl groups is 1. The fraction of sp³-hybridized carbons (Fsp3) is 0.600. The van der Waals surface area contributed by atoms with E-state index in [4.69, 9.17) is 14.2 Å². The van der Waals surface area contributed by atoms with Crippen LogP contribution < -0.4 is 19.5 Å². The summed E-state index contributed by atoms with van der Waals surface area (Å²) in [7, 11) is 4.84.